The molecule has 7 heteroatoms. The Bertz CT molecular complexity index is 378. The topological polar surface area (TPSA) is 92.2 Å². The number of nitrogens with one attached hydrogen (secondary N) is 1. The molecule has 1 atom stereocenters. The number of hydrogen-bond donors (Lipinski definition) is 2. The fourth-order valence-corrected chi connectivity index (χ4v) is 1.44. The zero-order valence-corrected chi connectivity index (χ0v) is 8.40. The summed E-state index contributed by atoms with van der Waals surface area (Å²) in [5.41, 5.74) is 0. The maximum atomic E-state index is 11.4. The minimum absolute atomic E-state index is 0.00722. The molecule has 14 heavy (non-hydrogen) atoms. The van der Waals surface area contributed by atoms with Gasteiger partial charge < -0.3 is 5.11 Å². The summed E-state index contributed by atoms with van der Waals surface area (Å²) in [5, 5.41) is 7.81. The van der Waals surface area contributed by atoms with Crippen molar-refractivity contribution in [1.82, 2.24) is 9.97 Å². The first-order valence-corrected chi connectivity index (χ1v) is 5.50. The molecule has 1 aromatic rings. The van der Waals surface area contributed by atoms with E-state index < -0.39 is 21.9 Å². The van der Waals surface area contributed by atoms with Crippen molar-refractivity contribution in [1.29, 1.82) is 0 Å². The molecule has 0 fully saturated rings. The lowest BCUT2D eigenvalue weighted by molar-refractivity contribution is 0.296. The average Bonchev–Trinajstić information content (AvgIpc) is 2.17. The Balaban J connectivity index is 2.79. The van der Waals surface area contributed by atoms with Gasteiger partial charge >= 0.3 is 0 Å². The van der Waals surface area contributed by atoms with E-state index in [9.17, 15) is 8.42 Å². The summed E-state index contributed by atoms with van der Waals surface area (Å²) in [6, 6.07) is 1.58. The lowest BCUT2D eigenvalue weighted by Crippen LogP contribution is -2.28. The van der Waals surface area contributed by atoms with Crippen LogP contribution in [0.4, 0.5) is 5.95 Å². The van der Waals surface area contributed by atoms with Crippen LogP contribution in [0.5, 0.6) is 0 Å². The smallest absolute Gasteiger partial charge is 0.239 e. The van der Waals surface area contributed by atoms with Crippen molar-refractivity contribution in [3.05, 3.63) is 18.5 Å². The maximum absolute atomic E-state index is 11.4. The van der Waals surface area contributed by atoms with E-state index in [1.807, 2.05) is 0 Å². The minimum atomic E-state index is -3.59. The van der Waals surface area contributed by atoms with Gasteiger partial charge in [-0.15, -0.1) is 0 Å². The largest absolute Gasteiger partial charge is 0.395 e. The summed E-state index contributed by atoms with van der Waals surface area (Å²) in [7, 11) is -3.59. The molecule has 6 nitrogen and oxygen atoms in total. The highest BCUT2D eigenvalue weighted by molar-refractivity contribution is 7.93. The predicted molar refractivity (Wildman–Crippen MR) is 51.1 cm³/mol. The van der Waals surface area contributed by atoms with Crippen molar-refractivity contribution in [2.45, 2.75) is 12.2 Å². The summed E-state index contributed by atoms with van der Waals surface area (Å²) in [6.45, 7) is 0.952. The Morgan fingerprint density at radius 2 is 2.07 bits per heavy atom. The summed E-state index contributed by atoms with van der Waals surface area (Å²) in [4.78, 5) is 7.40. The lowest BCUT2D eigenvalue weighted by Gasteiger charge is -2.10. The molecule has 0 saturated heterocycles. The van der Waals surface area contributed by atoms with Crippen molar-refractivity contribution in [2.24, 2.45) is 0 Å². The number of sulfonamides is 1. The predicted octanol–water partition coefficient (Wildman–Crippen LogP) is -0.401. The van der Waals surface area contributed by atoms with Crippen LogP contribution in [0.25, 0.3) is 0 Å². The number of hydrogen-bond acceptors (Lipinski definition) is 5. The monoisotopic (exact) mass is 217 g/mol. The molecular weight excluding hydrogens is 206 g/mol. The van der Waals surface area contributed by atoms with Crippen molar-refractivity contribution < 1.29 is 13.5 Å². The molecule has 0 aliphatic heterocycles. The first-order chi connectivity index (χ1) is 6.56. The molecule has 0 aromatic carbocycles. The Hall–Kier alpha value is -1.21. The molecule has 1 aromatic heterocycles. The van der Waals surface area contributed by atoms with E-state index in [0.717, 1.165) is 0 Å². The van der Waals surface area contributed by atoms with Crippen LogP contribution in [-0.2, 0) is 10.0 Å². The second-order valence-corrected chi connectivity index (χ2v) is 4.81. The van der Waals surface area contributed by atoms with Crippen molar-refractivity contribution in [2.75, 3.05) is 11.3 Å². The van der Waals surface area contributed by atoms with Crippen LogP contribution in [0.3, 0.4) is 0 Å². The van der Waals surface area contributed by atoms with Crippen LogP contribution >= 0.6 is 0 Å². The van der Waals surface area contributed by atoms with E-state index in [-0.39, 0.29) is 5.95 Å². The number of aliphatic hydroxyl groups is 1. The third-order valence-electron chi connectivity index (χ3n) is 1.59. The molecule has 0 bridgehead atoms. The van der Waals surface area contributed by atoms with Gasteiger partial charge in [0, 0.05) is 12.4 Å². The Morgan fingerprint density at radius 1 is 1.50 bits per heavy atom. The third kappa shape index (κ3) is 2.64. The summed E-state index contributed by atoms with van der Waals surface area (Å²) in [6.07, 6.45) is 2.85. The van der Waals surface area contributed by atoms with Gasteiger partial charge in [0.15, 0.2) is 0 Å². The molecule has 1 unspecified atom stereocenters. The fraction of sp³-hybridized carbons (Fsp3) is 0.429. The quantitative estimate of drug-likeness (QED) is 0.715. The maximum Gasteiger partial charge on any atom is 0.239 e. The molecule has 1 heterocycles. The van der Waals surface area contributed by atoms with E-state index in [0.29, 0.717) is 0 Å². The van der Waals surface area contributed by atoms with E-state index in [2.05, 4.69) is 14.7 Å². The van der Waals surface area contributed by atoms with E-state index in [1.54, 1.807) is 6.07 Å². The molecule has 0 saturated carbocycles. The van der Waals surface area contributed by atoms with Crippen LogP contribution in [0, 0.1) is 0 Å². The molecule has 0 aliphatic carbocycles. The SMILES string of the molecule is CC(CO)S(=O)(=O)Nc1ncccn1. The highest BCUT2D eigenvalue weighted by Gasteiger charge is 2.20. The normalized spacial score (nSPS) is 13.6. The van der Waals surface area contributed by atoms with Crippen LogP contribution in [0.15, 0.2) is 18.5 Å². The number of aliphatic hydroxyl groups excluding tert-OH is 1. The molecule has 0 radical (unpaired) electrons. The van der Waals surface area contributed by atoms with Crippen LogP contribution in [0.2, 0.25) is 0 Å². The number of anilines is 1. The van der Waals surface area contributed by atoms with Crippen molar-refractivity contribution in [3.63, 3.8) is 0 Å². The van der Waals surface area contributed by atoms with Gasteiger partial charge in [0.25, 0.3) is 0 Å². The van der Waals surface area contributed by atoms with Gasteiger partial charge in [-0.25, -0.2) is 18.4 Å². The van der Waals surface area contributed by atoms with Gasteiger partial charge in [0.05, 0.1) is 6.61 Å². The third-order valence-corrected chi connectivity index (χ3v) is 3.26. The Labute approximate surface area is 82.1 Å². The Morgan fingerprint density at radius 3 is 2.57 bits per heavy atom. The van der Waals surface area contributed by atoms with Gasteiger partial charge in [0.1, 0.15) is 5.25 Å². The number of nitrogens with zero attached hydrogens (tertiary/aromatic N) is 2. The van der Waals surface area contributed by atoms with Gasteiger partial charge in [-0.1, -0.05) is 0 Å². The zero-order valence-electron chi connectivity index (χ0n) is 7.58. The van der Waals surface area contributed by atoms with Crippen molar-refractivity contribution >= 4 is 16.0 Å². The first-order valence-electron chi connectivity index (χ1n) is 3.96. The lowest BCUT2D eigenvalue weighted by atomic mass is 10.5. The minimum Gasteiger partial charge on any atom is -0.395 e. The number of aromatic nitrogens is 2. The highest BCUT2D eigenvalue weighted by Crippen LogP contribution is 2.04. The van der Waals surface area contributed by atoms with Crippen LogP contribution in [-0.4, -0.2) is 35.3 Å². The van der Waals surface area contributed by atoms with Crippen molar-refractivity contribution in [3.8, 4) is 0 Å². The fourth-order valence-electron chi connectivity index (χ4n) is 0.678. The average molecular weight is 217 g/mol. The van der Waals surface area contributed by atoms with E-state index >= 15 is 0 Å². The molecular formula is C7H11N3O3S. The molecule has 2 N–H and O–H groups in total. The molecule has 0 spiro atoms. The summed E-state index contributed by atoms with van der Waals surface area (Å²) in [5.74, 6) is 0.00722. The first kappa shape index (κ1) is 10.9. The van der Waals surface area contributed by atoms with Gasteiger partial charge in [0.2, 0.25) is 16.0 Å². The molecule has 78 valence electrons. The number of rotatable bonds is 4. The van der Waals surface area contributed by atoms with Crippen LogP contribution in [0.1, 0.15) is 6.92 Å². The standard InChI is InChI=1S/C7H11N3O3S/c1-6(5-11)14(12,13)10-7-8-3-2-4-9-7/h2-4,6,11H,5H2,1H3,(H,8,9,10). The molecule has 0 amide bonds. The molecule has 0 aliphatic rings. The summed E-state index contributed by atoms with van der Waals surface area (Å²) >= 11 is 0. The Kier molecular flexibility index (Phi) is 3.37. The van der Waals surface area contributed by atoms with E-state index in [4.69, 9.17) is 5.11 Å². The van der Waals surface area contributed by atoms with Crippen LogP contribution < -0.4 is 4.72 Å². The summed E-state index contributed by atoms with van der Waals surface area (Å²) < 4.78 is 24.9. The zero-order chi connectivity index (χ0) is 10.6. The second kappa shape index (κ2) is 4.34. The van der Waals surface area contributed by atoms with E-state index in [1.165, 1.54) is 19.3 Å². The highest BCUT2D eigenvalue weighted by atomic mass is 32.2. The molecule has 1 rings (SSSR count). The van der Waals surface area contributed by atoms with Gasteiger partial charge in [-0.2, -0.15) is 0 Å². The van der Waals surface area contributed by atoms with Gasteiger partial charge in [-0.05, 0) is 13.0 Å². The van der Waals surface area contributed by atoms with Gasteiger partial charge in [-0.3, -0.25) is 4.72 Å². The second-order valence-electron chi connectivity index (χ2n) is 2.71.